The van der Waals surface area contributed by atoms with Gasteiger partial charge in [-0.25, -0.2) is 4.79 Å². The summed E-state index contributed by atoms with van der Waals surface area (Å²) in [6.45, 7) is 4.09. The fraction of sp³-hybridized carbons (Fsp3) is 0.385. The topological polar surface area (TPSA) is 142 Å². The summed E-state index contributed by atoms with van der Waals surface area (Å²) in [5, 5.41) is 16.1. The number of urea groups is 1. The van der Waals surface area contributed by atoms with Gasteiger partial charge in [-0.15, -0.1) is 0 Å². The van der Waals surface area contributed by atoms with Gasteiger partial charge in [0.1, 0.15) is 5.54 Å². The lowest BCUT2D eigenvalue weighted by atomic mass is 9.76. The quantitative estimate of drug-likeness (QED) is 0.338. The molecular formula is C26H30N4O5. The molecular weight excluding hydrogens is 448 g/mol. The number of hydrogen-bond acceptors (Lipinski definition) is 5. The highest BCUT2D eigenvalue weighted by molar-refractivity contribution is 6.09. The normalized spacial score (nSPS) is 25.5. The van der Waals surface area contributed by atoms with Gasteiger partial charge in [0.15, 0.2) is 0 Å². The molecule has 2 aliphatic heterocycles. The largest absolute Gasteiger partial charge is 0.480 e. The number of fused-ring (bicyclic) bond motifs is 1. The first-order valence-corrected chi connectivity index (χ1v) is 11.7. The van der Waals surface area contributed by atoms with Crippen LogP contribution in [0.25, 0.3) is 0 Å². The minimum atomic E-state index is -1.66. The number of benzene rings is 2. The van der Waals surface area contributed by atoms with E-state index in [-0.39, 0.29) is 31.8 Å². The number of nitrogens with zero attached hydrogens (tertiary/aromatic N) is 1. The SMILES string of the molecule is Cc1ccc(C)c(C2NC(CCCNC(N)=O)(C(=O)O)C3C(=O)N(Cc4ccccc4)C(=O)C23)c1. The van der Waals surface area contributed by atoms with E-state index in [9.17, 15) is 24.3 Å². The number of amides is 4. The molecule has 0 aliphatic carbocycles. The predicted molar refractivity (Wildman–Crippen MR) is 128 cm³/mol. The molecule has 4 atom stereocenters. The van der Waals surface area contributed by atoms with Gasteiger partial charge in [0, 0.05) is 12.6 Å². The van der Waals surface area contributed by atoms with Gasteiger partial charge >= 0.3 is 12.0 Å². The summed E-state index contributed by atoms with van der Waals surface area (Å²) < 4.78 is 0. The molecule has 0 spiro atoms. The van der Waals surface area contributed by atoms with Crippen LogP contribution in [-0.2, 0) is 20.9 Å². The van der Waals surface area contributed by atoms with Crippen molar-refractivity contribution in [2.24, 2.45) is 17.6 Å². The van der Waals surface area contributed by atoms with Crippen molar-refractivity contribution in [3.8, 4) is 0 Å². The fourth-order valence-electron chi connectivity index (χ4n) is 5.46. The molecule has 2 heterocycles. The summed E-state index contributed by atoms with van der Waals surface area (Å²) in [6, 6.07) is 13.6. The Kier molecular flexibility index (Phi) is 6.62. The minimum absolute atomic E-state index is 0.0450. The van der Waals surface area contributed by atoms with E-state index >= 15 is 0 Å². The minimum Gasteiger partial charge on any atom is -0.480 e. The second-order valence-electron chi connectivity index (χ2n) is 9.40. The average Bonchev–Trinajstić information content (AvgIpc) is 3.29. The molecule has 0 radical (unpaired) electrons. The predicted octanol–water partition coefficient (Wildman–Crippen LogP) is 2.02. The van der Waals surface area contributed by atoms with Gasteiger partial charge in [0.2, 0.25) is 11.8 Å². The first-order chi connectivity index (χ1) is 16.7. The zero-order valence-electron chi connectivity index (χ0n) is 19.8. The molecule has 2 fully saturated rings. The smallest absolute Gasteiger partial charge is 0.324 e. The summed E-state index contributed by atoms with van der Waals surface area (Å²) in [5.41, 5.74) is 6.95. The first-order valence-electron chi connectivity index (χ1n) is 11.7. The maximum atomic E-state index is 13.7. The van der Waals surface area contributed by atoms with E-state index < -0.39 is 41.3 Å². The highest BCUT2D eigenvalue weighted by atomic mass is 16.4. The van der Waals surface area contributed by atoms with Crippen LogP contribution in [0.4, 0.5) is 4.79 Å². The summed E-state index contributed by atoms with van der Waals surface area (Å²) in [6.07, 6.45) is 0.314. The van der Waals surface area contributed by atoms with Crippen LogP contribution in [0.2, 0.25) is 0 Å². The molecule has 0 saturated carbocycles. The molecule has 5 N–H and O–H groups in total. The molecule has 4 rings (SSSR count). The van der Waals surface area contributed by atoms with Crippen LogP contribution in [0.3, 0.4) is 0 Å². The number of carbonyl (C=O) groups excluding carboxylic acids is 3. The molecule has 184 valence electrons. The molecule has 2 aliphatic rings. The van der Waals surface area contributed by atoms with Gasteiger partial charge < -0.3 is 16.2 Å². The van der Waals surface area contributed by atoms with E-state index in [0.717, 1.165) is 22.3 Å². The van der Waals surface area contributed by atoms with Crippen LogP contribution in [0.5, 0.6) is 0 Å². The second-order valence-corrected chi connectivity index (χ2v) is 9.40. The van der Waals surface area contributed by atoms with Gasteiger partial charge in [-0.3, -0.25) is 24.6 Å². The van der Waals surface area contributed by atoms with Crippen molar-refractivity contribution in [3.63, 3.8) is 0 Å². The summed E-state index contributed by atoms with van der Waals surface area (Å²) in [5.74, 6) is -3.99. The number of hydrogen-bond donors (Lipinski definition) is 4. The highest BCUT2D eigenvalue weighted by Gasteiger charge is 2.68. The molecule has 0 bridgehead atoms. The lowest BCUT2D eigenvalue weighted by molar-refractivity contribution is -0.152. The van der Waals surface area contributed by atoms with E-state index in [1.54, 1.807) is 0 Å². The van der Waals surface area contributed by atoms with Crippen molar-refractivity contribution in [2.45, 2.75) is 44.8 Å². The number of aliphatic carboxylic acids is 1. The van der Waals surface area contributed by atoms with Crippen molar-refractivity contribution in [2.75, 3.05) is 6.54 Å². The van der Waals surface area contributed by atoms with Crippen LogP contribution in [0, 0.1) is 25.7 Å². The van der Waals surface area contributed by atoms with Gasteiger partial charge in [-0.2, -0.15) is 0 Å². The first kappa shape index (κ1) is 24.4. The fourth-order valence-corrected chi connectivity index (χ4v) is 5.46. The highest BCUT2D eigenvalue weighted by Crippen LogP contribution is 2.51. The molecule has 4 amide bonds. The number of aryl methyl sites for hydroxylation is 2. The van der Waals surface area contributed by atoms with Gasteiger partial charge in [-0.05, 0) is 43.4 Å². The van der Waals surface area contributed by atoms with E-state index in [1.165, 1.54) is 4.90 Å². The van der Waals surface area contributed by atoms with Crippen LogP contribution in [0.1, 0.15) is 41.1 Å². The van der Waals surface area contributed by atoms with Crippen molar-refractivity contribution in [3.05, 3.63) is 70.8 Å². The number of likely N-dealkylation sites (tertiary alicyclic amines) is 1. The second kappa shape index (κ2) is 9.50. The summed E-state index contributed by atoms with van der Waals surface area (Å²) in [4.78, 5) is 52.5. The molecule has 2 aromatic carbocycles. The molecule has 2 aromatic rings. The molecule has 4 unspecified atom stereocenters. The Labute approximate surface area is 203 Å². The van der Waals surface area contributed by atoms with Gasteiger partial charge in [0.25, 0.3) is 0 Å². The number of imide groups is 1. The lowest BCUT2D eigenvalue weighted by Crippen LogP contribution is -2.56. The number of carboxylic acid groups (broad SMARTS) is 1. The molecule has 2 saturated heterocycles. The number of carbonyl (C=O) groups is 4. The van der Waals surface area contributed by atoms with Crippen LogP contribution >= 0.6 is 0 Å². The van der Waals surface area contributed by atoms with E-state index in [1.807, 2.05) is 62.4 Å². The Morgan fingerprint density at radius 2 is 1.83 bits per heavy atom. The maximum Gasteiger partial charge on any atom is 0.324 e. The molecule has 35 heavy (non-hydrogen) atoms. The summed E-state index contributed by atoms with van der Waals surface area (Å²) >= 11 is 0. The third kappa shape index (κ3) is 4.39. The number of primary amides is 1. The van der Waals surface area contributed by atoms with Crippen LogP contribution < -0.4 is 16.4 Å². The Balaban J connectivity index is 1.75. The third-order valence-corrected chi connectivity index (χ3v) is 7.13. The van der Waals surface area contributed by atoms with Crippen LogP contribution in [0.15, 0.2) is 48.5 Å². The number of nitrogens with two attached hydrogens (primary N) is 1. The van der Waals surface area contributed by atoms with E-state index in [0.29, 0.717) is 0 Å². The zero-order valence-corrected chi connectivity index (χ0v) is 19.8. The van der Waals surface area contributed by atoms with Gasteiger partial charge in [-0.1, -0.05) is 54.1 Å². The standard InChI is InChI=1S/C26H30N4O5/c1-15-9-10-16(2)18(13-15)21-19-20(26(29-21,24(33)34)11-6-12-28-25(27)35)23(32)30(22(19)31)14-17-7-4-3-5-8-17/h3-5,7-10,13,19-21,29H,6,11-12,14H2,1-2H3,(H,33,34)(H3,27,28,35). The third-order valence-electron chi connectivity index (χ3n) is 7.13. The number of carboxylic acids is 1. The Morgan fingerprint density at radius 1 is 1.11 bits per heavy atom. The van der Waals surface area contributed by atoms with Gasteiger partial charge in [0.05, 0.1) is 18.4 Å². The Bertz CT molecular complexity index is 1170. The number of rotatable bonds is 8. The zero-order chi connectivity index (χ0) is 25.3. The van der Waals surface area contributed by atoms with Crippen molar-refractivity contribution >= 4 is 23.8 Å². The number of nitrogens with one attached hydrogen (secondary N) is 2. The van der Waals surface area contributed by atoms with Crippen LogP contribution in [-0.4, -0.2) is 45.9 Å². The molecule has 0 aromatic heterocycles. The lowest BCUT2D eigenvalue weighted by Gasteiger charge is -2.31. The van der Waals surface area contributed by atoms with E-state index in [4.69, 9.17) is 5.73 Å². The Morgan fingerprint density at radius 3 is 2.49 bits per heavy atom. The van der Waals surface area contributed by atoms with Crippen molar-refractivity contribution in [1.82, 2.24) is 15.5 Å². The average molecular weight is 479 g/mol. The summed E-state index contributed by atoms with van der Waals surface area (Å²) in [7, 11) is 0. The maximum absolute atomic E-state index is 13.7. The molecule has 9 nitrogen and oxygen atoms in total. The molecule has 9 heteroatoms. The van der Waals surface area contributed by atoms with Crippen molar-refractivity contribution in [1.29, 1.82) is 0 Å². The Hall–Kier alpha value is -3.72. The van der Waals surface area contributed by atoms with Crippen molar-refractivity contribution < 1.29 is 24.3 Å². The monoisotopic (exact) mass is 478 g/mol. The van der Waals surface area contributed by atoms with E-state index in [2.05, 4.69) is 10.6 Å².